The number of aromatic nitrogens is 2. The van der Waals surface area contributed by atoms with E-state index in [2.05, 4.69) is 40.0 Å². The minimum absolute atomic E-state index is 0.128. The number of pyridine rings is 1. The van der Waals surface area contributed by atoms with Crippen LogP contribution in [0.5, 0.6) is 0 Å². The average Bonchev–Trinajstić information content (AvgIpc) is 3.05. The van der Waals surface area contributed by atoms with Gasteiger partial charge in [-0.2, -0.15) is 0 Å². The summed E-state index contributed by atoms with van der Waals surface area (Å²) in [6.07, 6.45) is 3.98. The van der Waals surface area contributed by atoms with E-state index in [-0.39, 0.29) is 11.9 Å². The van der Waals surface area contributed by atoms with E-state index in [1.54, 1.807) is 0 Å². The molecule has 1 aliphatic heterocycles. The summed E-state index contributed by atoms with van der Waals surface area (Å²) in [4.78, 5) is 15.9. The molecule has 0 amide bonds. The number of aliphatic hydroxyl groups is 1. The Morgan fingerprint density at radius 2 is 2.08 bits per heavy atom. The molecule has 1 aromatic carbocycles. The highest BCUT2D eigenvalue weighted by molar-refractivity contribution is 6.07. The van der Waals surface area contributed by atoms with Gasteiger partial charge in [0, 0.05) is 34.7 Å². The lowest BCUT2D eigenvalue weighted by atomic mass is 9.67. The van der Waals surface area contributed by atoms with Crippen LogP contribution in [0.25, 0.3) is 21.8 Å². The van der Waals surface area contributed by atoms with E-state index in [0.29, 0.717) is 12.3 Å². The molecule has 2 N–H and O–H groups in total. The van der Waals surface area contributed by atoms with Crippen molar-refractivity contribution in [3.63, 3.8) is 0 Å². The van der Waals surface area contributed by atoms with Gasteiger partial charge in [-0.05, 0) is 24.8 Å². The van der Waals surface area contributed by atoms with Gasteiger partial charge >= 0.3 is 5.97 Å². The van der Waals surface area contributed by atoms with Gasteiger partial charge in [0.1, 0.15) is 5.52 Å². The first-order valence-corrected chi connectivity index (χ1v) is 9.35. The smallest absolute Gasteiger partial charge is 0.311 e. The highest BCUT2D eigenvalue weighted by Gasteiger charge is 2.48. The third kappa shape index (κ3) is 2.20. The second kappa shape index (κ2) is 5.81. The summed E-state index contributed by atoms with van der Waals surface area (Å²) in [5.41, 5.74) is 3.51. The lowest BCUT2D eigenvalue weighted by Gasteiger charge is -2.40. The van der Waals surface area contributed by atoms with Crippen molar-refractivity contribution in [2.45, 2.75) is 31.9 Å². The van der Waals surface area contributed by atoms with Gasteiger partial charge in [0.25, 0.3) is 0 Å². The molecular formula is C21H23N2O3+. The highest BCUT2D eigenvalue weighted by atomic mass is 16.5. The topological polar surface area (TPSA) is 66.2 Å². The van der Waals surface area contributed by atoms with Crippen molar-refractivity contribution >= 4 is 27.8 Å². The summed E-state index contributed by atoms with van der Waals surface area (Å²) in [5.74, 6) is -0.165. The number of fused-ring (bicyclic) bond motifs is 6. The quantitative estimate of drug-likeness (QED) is 0.522. The zero-order valence-electron chi connectivity index (χ0n) is 14.8. The number of hydrogen-bond acceptors (Lipinski definition) is 3. The SMILES string of the molecule is COC(=O)C1C(O)CCC2C[n+]3ccc4c([nH]c5ccccc54)c3CC21. The van der Waals surface area contributed by atoms with Gasteiger partial charge in [-0.25, -0.2) is 4.57 Å². The van der Waals surface area contributed by atoms with Crippen molar-refractivity contribution in [1.82, 2.24) is 4.98 Å². The number of carbonyl (C=O) groups is 1. The molecule has 5 heteroatoms. The van der Waals surface area contributed by atoms with Gasteiger partial charge in [0.2, 0.25) is 5.69 Å². The molecule has 1 fully saturated rings. The molecule has 5 nitrogen and oxygen atoms in total. The van der Waals surface area contributed by atoms with Crippen LogP contribution in [0.4, 0.5) is 0 Å². The number of nitrogens with one attached hydrogen (secondary N) is 1. The van der Waals surface area contributed by atoms with Crippen LogP contribution in [0, 0.1) is 17.8 Å². The molecule has 2 aliphatic rings. The maximum atomic E-state index is 12.4. The Balaban J connectivity index is 1.65. The van der Waals surface area contributed by atoms with Crippen molar-refractivity contribution < 1.29 is 19.2 Å². The molecule has 134 valence electrons. The van der Waals surface area contributed by atoms with Gasteiger partial charge in [0.05, 0.1) is 19.1 Å². The number of para-hydroxylation sites is 1. The van der Waals surface area contributed by atoms with Crippen molar-refractivity contribution in [1.29, 1.82) is 0 Å². The second-order valence-electron chi connectivity index (χ2n) is 7.70. The number of nitrogens with zero attached hydrogens (tertiary/aromatic N) is 1. The van der Waals surface area contributed by atoms with E-state index in [1.807, 2.05) is 6.07 Å². The number of esters is 1. The molecular weight excluding hydrogens is 328 g/mol. The third-order valence-corrected chi connectivity index (χ3v) is 6.45. The molecule has 0 saturated heterocycles. The monoisotopic (exact) mass is 351 g/mol. The summed E-state index contributed by atoms with van der Waals surface area (Å²) < 4.78 is 7.34. The Hall–Kier alpha value is -2.40. The average molecular weight is 351 g/mol. The number of aromatic amines is 1. The number of carbonyl (C=O) groups excluding carboxylic acids is 1. The molecule has 4 atom stereocenters. The Kier molecular flexibility index (Phi) is 3.54. The van der Waals surface area contributed by atoms with Crippen molar-refractivity contribution in [3.8, 4) is 0 Å². The number of H-pyrrole nitrogens is 1. The Morgan fingerprint density at radius 1 is 1.23 bits per heavy atom. The first-order chi connectivity index (χ1) is 12.7. The van der Waals surface area contributed by atoms with E-state index in [4.69, 9.17) is 4.74 Å². The van der Waals surface area contributed by atoms with Gasteiger partial charge in [0.15, 0.2) is 12.7 Å². The fourth-order valence-electron chi connectivity index (χ4n) is 5.17. The van der Waals surface area contributed by atoms with Crippen molar-refractivity contribution in [3.05, 3.63) is 42.2 Å². The van der Waals surface area contributed by atoms with Crippen LogP contribution in [0.2, 0.25) is 0 Å². The standard InChI is InChI=1S/C21H22N2O3/c1-26-21(25)19-15-10-17-20-14(13-4-2-3-5-16(13)22-20)8-9-23(17)11-12(15)6-7-18(19)24/h2-5,8-9,12,15,18-19,24H,6-7,10-11H2,1H3/p+1. The van der Waals surface area contributed by atoms with Crippen molar-refractivity contribution in [2.75, 3.05) is 7.11 Å². The minimum Gasteiger partial charge on any atom is -0.469 e. The fraction of sp³-hybridized carbons (Fsp3) is 0.429. The van der Waals surface area contributed by atoms with E-state index < -0.39 is 12.0 Å². The molecule has 0 radical (unpaired) electrons. The largest absolute Gasteiger partial charge is 0.469 e. The summed E-state index contributed by atoms with van der Waals surface area (Å²) in [6, 6.07) is 10.5. The Labute approximate surface area is 151 Å². The number of ether oxygens (including phenoxy) is 1. The molecule has 26 heavy (non-hydrogen) atoms. The number of methoxy groups -OCH3 is 1. The molecule has 3 heterocycles. The van der Waals surface area contributed by atoms with Crippen LogP contribution < -0.4 is 4.57 Å². The lowest BCUT2D eigenvalue weighted by Crippen LogP contribution is -2.55. The molecule has 4 unspecified atom stereocenters. The van der Waals surface area contributed by atoms with E-state index in [9.17, 15) is 9.90 Å². The van der Waals surface area contributed by atoms with Gasteiger partial charge in [-0.15, -0.1) is 0 Å². The number of benzene rings is 1. The maximum Gasteiger partial charge on any atom is 0.311 e. The zero-order chi connectivity index (χ0) is 17.8. The fourth-order valence-corrected chi connectivity index (χ4v) is 5.17. The van der Waals surface area contributed by atoms with Crippen LogP contribution in [-0.2, 0) is 22.5 Å². The molecule has 1 saturated carbocycles. The minimum atomic E-state index is -0.600. The second-order valence-corrected chi connectivity index (χ2v) is 7.70. The normalized spacial score (nSPS) is 27.9. The summed E-state index contributed by atoms with van der Waals surface area (Å²) in [7, 11) is 1.42. The van der Waals surface area contributed by atoms with Crippen LogP contribution in [0.1, 0.15) is 18.5 Å². The van der Waals surface area contributed by atoms with Crippen LogP contribution >= 0.6 is 0 Å². The molecule has 0 spiro atoms. The van der Waals surface area contributed by atoms with E-state index >= 15 is 0 Å². The van der Waals surface area contributed by atoms with E-state index in [1.165, 1.54) is 23.6 Å². The van der Waals surface area contributed by atoms with Gasteiger partial charge < -0.3 is 14.8 Å². The Morgan fingerprint density at radius 3 is 2.92 bits per heavy atom. The first-order valence-electron chi connectivity index (χ1n) is 9.35. The summed E-state index contributed by atoms with van der Waals surface area (Å²) in [5, 5.41) is 12.9. The lowest BCUT2D eigenvalue weighted by molar-refractivity contribution is -0.718. The number of rotatable bonds is 1. The first kappa shape index (κ1) is 15.8. The van der Waals surface area contributed by atoms with Crippen LogP contribution in [-0.4, -0.2) is 29.3 Å². The van der Waals surface area contributed by atoms with E-state index in [0.717, 1.165) is 30.4 Å². The van der Waals surface area contributed by atoms with Gasteiger partial charge in [-0.1, -0.05) is 18.2 Å². The van der Waals surface area contributed by atoms with Gasteiger partial charge in [-0.3, -0.25) is 4.79 Å². The molecule has 1 aliphatic carbocycles. The molecule has 3 aromatic rings. The molecule has 0 bridgehead atoms. The van der Waals surface area contributed by atoms with Crippen molar-refractivity contribution in [2.24, 2.45) is 17.8 Å². The highest BCUT2D eigenvalue weighted by Crippen LogP contribution is 2.41. The predicted molar refractivity (Wildman–Crippen MR) is 97.4 cm³/mol. The predicted octanol–water partition coefficient (Wildman–Crippen LogP) is 2.34. The third-order valence-electron chi connectivity index (χ3n) is 6.45. The molecule has 5 rings (SSSR count). The number of aliphatic hydroxyl groups excluding tert-OH is 1. The summed E-state index contributed by atoms with van der Waals surface area (Å²) in [6.45, 7) is 0.894. The number of hydrogen-bond donors (Lipinski definition) is 2. The summed E-state index contributed by atoms with van der Waals surface area (Å²) >= 11 is 0. The Bertz CT molecular complexity index is 1010. The van der Waals surface area contributed by atoms with Crippen LogP contribution in [0.3, 0.4) is 0 Å². The maximum absolute atomic E-state index is 12.4. The van der Waals surface area contributed by atoms with Crippen LogP contribution in [0.15, 0.2) is 36.5 Å². The zero-order valence-corrected chi connectivity index (χ0v) is 14.8. The molecule has 2 aromatic heterocycles.